The standard InChI is InChI=1S/C13H16O4/c1-2-11(14)9-3-5-10(6-4-9)17-12-7-8-16-13(12)15/h3-6,11-12,14H,2,7-8H2,1H3/t11-,12?/m0/s1. The highest BCUT2D eigenvalue weighted by atomic mass is 16.6. The van der Waals surface area contributed by atoms with Crippen LogP contribution in [0.5, 0.6) is 5.75 Å². The van der Waals surface area contributed by atoms with E-state index in [2.05, 4.69) is 0 Å². The molecule has 0 aliphatic carbocycles. The van der Waals surface area contributed by atoms with E-state index in [1.165, 1.54) is 0 Å². The summed E-state index contributed by atoms with van der Waals surface area (Å²) in [5.41, 5.74) is 0.855. The van der Waals surface area contributed by atoms with Crippen molar-refractivity contribution in [3.8, 4) is 5.75 Å². The second kappa shape index (κ2) is 5.19. The molecule has 1 aliphatic heterocycles. The number of rotatable bonds is 4. The molecule has 0 spiro atoms. The first kappa shape index (κ1) is 11.9. The summed E-state index contributed by atoms with van der Waals surface area (Å²) < 4.78 is 10.3. The van der Waals surface area contributed by atoms with Crippen molar-refractivity contribution in [2.75, 3.05) is 6.61 Å². The Labute approximate surface area is 100 Å². The third-order valence-electron chi connectivity index (χ3n) is 2.82. The Kier molecular flexibility index (Phi) is 3.64. The van der Waals surface area contributed by atoms with Crippen LogP contribution in [0.4, 0.5) is 0 Å². The Morgan fingerprint density at radius 1 is 1.47 bits per heavy atom. The summed E-state index contributed by atoms with van der Waals surface area (Å²) in [4.78, 5) is 11.2. The zero-order chi connectivity index (χ0) is 12.3. The van der Waals surface area contributed by atoms with E-state index in [1.807, 2.05) is 19.1 Å². The predicted molar refractivity (Wildman–Crippen MR) is 61.7 cm³/mol. The van der Waals surface area contributed by atoms with Crippen molar-refractivity contribution in [3.05, 3.63) is 29.8 Å². The van der Waals surface area contributed by atoms with Gasteiger partial charge in [-0.1, -0.05) is 19.1 Å². The van der Waals surface area contributed by atoms with E-state index in [0.717, 1.165) is 5.56 Å². The average Bonchev–Trinajstić information content (AvgIpc) is 2.75. The van der Waals surface area contributed by atoms with Gasteiger partial charge in [0.1, 0.15) is 5.75 Å². The molecular weight excluding hydrogens is 220 g/mol. The van der Waals surface area contributed by atoms with Gasteiger partial charge in [-0.05, 0) is 24.1 Å². The first-order valence-electron chi connectivity index (χ1n) is 5.82. The lowest BCUT2D eigenvalue weighted by atomic mass is 10.1. The highest BCUT2D eigenvalue weighted by Crippen LogP contribution is 2.22. The molecule has 92 valence electrons. The molecule has 1 aromatic rings. The number of cyclic esters (lactones) is 1. The summed E-state index contributed by atoms with van der Waals surface area (Å²) in [5.74, 6) is 0.323. The van der Waals surface area contributed by atoms with Gasteiger partial charge in [0, 0.05) is 6.42 Å². The van der Waals surface area contributed by atoms with Gasteiger partial charge in [0.2, 0.25) is 0 Å². The molecule has 2 atom stereocenters. The number of esters is 1. The normalized spacial score (nSPS) is 21.1. The number of carbonyl (C=O) groups excluding carboxylic acids is 1. The summed E-state index contributed by atoms with van der Waals surface area (Å²) in [6, 6.07) is 7.15. The van der Waals surface area contributed by atoms with Gasteiger partial charge in [0.05, 0.1) is 12.7 Å². The molecule has 0 saturated carbocycles. The maximum atomic E-state index is 11.2. The lowest BCUT2D eigenvalue weighted by molar-refractivity contribution is -0.143. The Bertz CT molecular complexity index is 385. The molecule has 1 heterocycles. The van der Waals surface area contributed by atoms with Gasteiger partial charge in [0.25, 0.3) is 0 Å². The van der Waals surface area contributed by atoms with E-state index in [4.69, 9.17) is 9.47 Å². The van der Waals surface area contributed by atoms with E-state index in [-0.39, 0.29) is 5.97 Å². The molecule has 1 aliphatic rings. The average molecular weight is 236 g/mol. The van der Waals surface area contributed by atoms with Gasteiger partial charge in [-0.2, -0.15) is 0 Å². The summed E-state index contributed by atoms with van der Waals surface area (Å²) >= 11 is 0. The van der Waals surface area contributed by atoms with Crippen molar-refractivity contribution in [2.45, 2.75) is 32.0 Å². The molecule has 4 nitrogen and oxygen atoms in total. The smallest absolute Gasteiger partial charge is 0.347 e. The summed E-state index contributed by atoms with van der Waals surface area (Å²) in [6.45, 7) is 2.35. The molecule has 1 saturated heterocycles. The van der Waals surface area contributed by atoms with Crippen molar-refractivity contribution in [1.82, 2.24) is 0 Å². The second-order valence-electron chi connectivity index (χ2n) is 4.06. The SMILES string of the molecule is CC[C@H](O)c1ccc(OC2CCOC2=O)cc1. The molecule has 0 bridgehead atoms. The minimum atomic E-state index is -0.489. The number of benzene rings is 1. The minimum Gasteiger partial charge on any atom is -0.479 e. The van der Waals surface area contributed by atoms with Crippen molar-refractivity contribution in [2.24, 2.45) is 0 Å². The zero-order valence-electron chi connectivity index (χ0n) is 9.76. The number of hydrogen-bond acceptors (Lipinski definition) is 4. The first-order valence-corrected chi connectivity index (χ1v) is 5.82. The predicted octanol–water partition coefficient (Wildman–Crippen LogP) is 1.82. The van der Waals surface area contributed by atoms with E-state index in [0.29, 0.717) is 25.2 Å². The van der Waals surface area contributed by atoms with Crippen LogP contribution in [0.15, 0.2) is 24.3 Å². The van der Waals surface area contributed by atoms with Crippen LogP contribution in [0.1, 0.15) is 31.4 Å². The molecule has 4 heteroatoms. The molecule has 1 aromatic carbocycles. The first-order chi connectivity index (χ1) is 8.20. The van der Waals surface area contributed by atoms with Crippen LogP contribution in [0.3, 0.4) is 0 Å². The van der Waals surface area contributed by atoms with Crippen LogP contribution in [-0.2, 0) is 9.53 Å². The van der Waals surface area contributed by atoms with Gasteiger partial charge in [-0.25, -0.2) is 4.79 Å². The maximum absolute atomic E-state index is 11.2. The van der Waals surface area contributed by atoms with Crippen LogP contribution in [0.25, 0.3) is 0 Å². The van der Waals surface area contributed by atoms with Gasteiger partial charge < -0.3 is 14.6 Å². The van der Waals surface area contributed by atoms with Crippen LogP contribution in [0.2, 0.25) is 0 Å². The number of carbonyl (C=O) groups is 1. The fourth-order valence-electron chi connectivity index (χ4n) is 1.75. The molecule has 1 unspecified atom stereocenters. The zero-order valence-corrected chi connectivity index (χ0v) is 9.76. The van der Waals surface area contributed by atoms with Crippen LogP contribution in [-0.4, -0.2) is 23.8 Å². The van der Waals surface area contributed by atoms with Crippen molar-refractivity contribution < 1.29 is 19.4 Å². The molecule has 17 heavy (non-hydrogen) atoms. The topological polar surface area (TPSA) is 55.8 Å². The third kappa shape index (κ3) is 2.77. The quantitative estimate of drug-likeness (QED) is 0.810. The summed E-state index contributed by atoms with van der Waals surface area (Å²) in [6.07, 6.45) is 0.338. The largest absolute Gasteiger partial charge is 0.479 e. The number of aliphatic hydroxyl groups is 1. The monoisotopic (exact) mass is 236 g/mol. The van der Waals surface area contributed by atoms with Crippen molar-refractivity contribution in [1.29, 1.82) is 0 Å². The summed E-state index contributed by atoms with van der Waals surface area (Å²) in [5, 5.41) is 9.63. The van der Waals surface area contributed by atoms with Gasteiger partial charge in [0.15, 0.2) is 6.10 Å². The number of ether oxygens (including phenoxy) is 2. The molecule has 0 radical (unpaired) electrons. The molecular formula is C13H16O4. The fourth-order valence-corrected chi connectivity index (χ4v) is 1.75. The van der Waals surface area contributed by atoms with E-state index in [1.54, 1.807) is 12.1 Å². The molecule has 1 N–H and O–H groups in total. The van der Waals surface area contributed by atoms with Crippen molar-refractivity contribution in [3.63, 3.8) is 0 Å². The van der Waals surface area contributed by atoms with E-state index >= 15 is 0 Å². The Morgan fingerprint density at radius 3 is 2.71 bits per heavy atom. The number of hydrogen-bond donors (Lipinski definition) is 1. The lowest BCUT2D eigenvalue weighted by Crippen LogP contribution is -2.21. The van der Waals surface area contributed by atoms with Crippen molar-refractivity contribution >= 4 is 5.97 Å². The van der Waals surface area contributed by atoms with Gasteiger partial charge in [-0.3, -0.25) is 0 Å². The van der Waals surface area contributed by atoms with Crippen LogP contribution < -0.4 is 4.74 Å². The maximum Gasteiger partial charge on any atom is 0.347 e. The number of aliphatic hydroxyl groups excluding tert-OH is 1. The molecule has 1 fully saturated rings. The van der Waals surface area contributed by atoms with Crippen LogP contribution in [0, 0.1) is 0 Å². The Hall–Kier alpha value is -1.55. The van der Waals surface area contributed by atoms with Gasteiger partial charge >= 0.3 is 5.97 Å². The van der Waals surface area contributed by atoms with E-state index in [9.17, 15) is 9.90 Å². The van der Waals surface area contributed by atoms with E-state index < -0.39 is 12.2 Å². The lowest BCUT2D eigenvalue weighted by Gasteiger charge is -2.12. The highest BCUT2D eigenvalue weighted by Gasteiger charge is 2.28. The molecule has 0 aromatic heterocycles. The molecule has 0 amide bonds. The third-order valence-corrected chi connectivity index (χ3v) is 2.82. The highest BCUT2D eigenvalue weighted by molar-refractivity contribution is 5.76. The molecule has 2 rings (SSSR count). The second-order valence-corrected chi connectivity index (χ2v) is 4.06. The Morgan fingerprint density at radius 2 is 2.18 bits per heavy atom. The van der Waals surface area contributed by atoms with Crippen LogP contribution >= 0.6 is 0 Å². The fraction of sp³-hybridized carbons (Fsp3) is 0.462. The minimum absolute atomic E-state index is 0.303. The Balaban J connectivity index is 2.00. The van der Waals surface area contributed by atoms with Gasteiger partial charge in [-0.15, -0.1) is 0 Å². The summed E-state index contributed by atoms with van der Waals surface area (Å²) in [7, 11) is 0.